The predicted molar refractivity (Wildman–Crippen MR) is 72.4 cm³/mol. The number of rotatable bonds is 3. The van der Waals surface area contributed by atoms with Gasteiger partial charge in [0.15, 0.2) is 0 Å². The molecule has 2 saturated carbocycles. The molecule has 1 heterocycles. The van der Waals surface area contributed by atoms with Crippen molar-refractivity contribution in [3.8, 4) is 0 Å². The van der Waals surface area contributed by atoms with E-state index in [0.29, 0.717) is 23.9 Å². The predicted octanol–water partition coefficient (Wildman–Crippen LogP) is 2.31. The summed E-state index contributed by atoms with van der Waals surface area (Å²) in [6, 6.07) is 0.642. The van der Waals surface area contributed by atoms with E-state index in [0.717, 1.165) is 13.1 Å². The summed E-state index contributed by atoms with van der Waals surface area (Å²) < 4.78 is 0. The second-order valence-corrected chi connectivity index (χ2v) is 6.60. The number of piperidine rings is 1. The zero-order valence-corrected chi connectivity index (χ0v) is 11.4. The van der Waals surface area contributed by atoms with Crippen molar-refractivity contribution < 1.29 is 4.79 Å². The van der Waals surface area contributed by atoms with E-state index in [2.05, 4.69) is 10.2 Å². The van der Waals surface area contributed by atoms with Crippen LogP contribution in [0.2, 0.25) is 0 Å². The number of amides is 1. The van der Waals surface area contributed by atoms with Crippen LogP contribution in [0.5, 0.6) is 0 Å². The van der Waals surface area contributed by atoms with E-state index in [1.165, 1.54) is 57.8 Å². The molecule has 1 saturated heterocycles. The fourth-order valence-corrected chi connectivity index (χ4v) is 3.66. The van der Waals surface area contributed by atoms with Crippen LogP contribution in [0.3, 0.4) is 0 Å². The van der Waals surface area contributed by atoms with Gasteiger partial charge in [-0.2, -0.15) is 0 Å². The highest BCUT2D eigenvalue weighted by molar-refractivity contribution is 5.78. The Morgan fingerprint density at radius 3 is 2.33 bits per heavy atom. The van der Waals surface area contributed by atoms with Gasteiger partial charge in [-0.1, -0.05) is 19.3 Å². The van der Waals surface area contributed by atoms with Gasteiger partial charge in [0.2, 0.25) is 5.91 Å². The van der Waals surface area contributed by atoms with Crippen LogP contribution in [-0.4, -0.2) is 36.5 Å². The van der Waals surface area contributed by atoms with Crippen LogP contribution in [-0.2, 0) is 4.79 Å². The van der Waals surface area contributed by atoms with Crippen molar-refractivity contribution in [3.63, 3.8) is 0 Å². The van der Waals surface area contributed by atoms with Crippen LogP contribution in [0.4, 0.5) is 0 Å². The van der Waals surface area contributed by atoms with Gasteiger partial charge in [0.25, 0.3) is 0 Å². The molecule has 18 heavy (non-hydrogen) atoms. The molecule has 1 amide bonds. The van der Waals surface area contributed by atoms with Crippen molar-refractivity contribution in [1.29, 1.82) is 0 Å². The lowest BCUT2D eigenvalue weighted by Crippen LogP contribution is -2.46. The van der Waals surface area contributed by atoms with Crippen molar-refractivity contribution in [2.45, 2.75) is 63.8 Å². The van der Waals surface area contributed by atoms with Crippen molar-refractivity contribution in [1.82, 2.24) is 10.2 Å². The molecular formula is C15H26N2O. The first-order valence-electron chi connectivity index (χ1n) is 7.79. The highest BCUT2D eigenvalue weighted by Gasteiger charge is 2.36. The van der Waals surface area contributed by atoms with Gasteiger partial charge in [-0.15, -0.1) is 0 Å². The van der Waals surface area contributed by atoms with Crippen molar-refractivity contribution >= 4 is 5.91 Å². The number of likely N-dealkylation sites (tertiary alicyclic amines) is 1. The summed E-state index contributed by atoms with van der Waals surface area (Å²) >= 11 is 0. The molecule has 0 unspecified atom stereocenters. The summed E-state index contributed by atoms with van der Waals surface area (Å²) in [5.41, 5.74) is 0.610. The average molecular weight is 250 g/mol. The number of nitrogens with one attached hydrogen (secondary N) is 1. The molecule has 3 heteroatoms. The molecule has 3 fully saturated rings. The van der Waals surface area contributed by atoms with Gasteiger partial charge >= 0.3 is 0 Å². The monoisotopic (exact) mass is 250 g/mol. The molecule has 3 aliphatic rings. The maximum Gasteiger partial charge on any atom is 0.236 e. The summed E-state index contributed by atoms with van der Waals surface area (Å²) in [7, 11) is 0. The Morgan fingerprint density at radius 1 is 1.06 bits per heavy atom. The topological polar surface area (TPSA) is 32.3 Å². The fraction of sp³-hybridized carbons (Fsp3) is 0.933. The molecule has 102 valence electrons. The second kappa shape index (κ2) is 5.20. The molecule has 1 aliphatic heterocycles. The molecular weight excluding hydrogens is 224 g/mol. The van der Waals surface area contributed by atoms with Gasteiger partial charge < -0.3 is 10.2 Å². The van der Waals surface area contributed by atoms with E-state index in [9.17, 15) is 4.79 Å². The standard InChI is InChI=1S/C15H26N2O/c18-14(12-16-13-4-5-13)17-10-8-15(9-11-17)6-2-1-3-7-15/h13,16H,1-12H2. The Morgan fingerprint density at radius 2 is 1.72 bits per heavy atom. The lowest BCUT2D eigenvalue weighted by molar-refractivity contribution is -0.133. The Balaban J connectivity index is 1.44. The van der Waals surface area contributed by atoms with E-state index < -0.39 is 0 Å². The van der Waals surface area contributed by atoms with E-state index in [1.54, 1.807) is 0 Å². The number of hydrogen-bond acceptors (Lipinski definition) is 2. The number of hydrogen-bond donors (Lipinski definition) is 1. The third-order valence-electron chi connectivity index (χ3n) is 5.21. The lowest BCUT2D eigenvalue weighted by atomic mass is 9.68. The molecule has 0 aromatic rings. The summed E-state index contributed by atoms with van der Waals surface area (Å²) in [6.07, 6.45) is 12.1. The van der Waals surface area contributed by atoms with Gasteiger partial charge in [0.1, 0.15) is 0 Å². The van der Waals surface area contributed by atoms with E-state index in [1.807, 2.05) is 0 Å². The molecule has 1 spiro atoms. The lowest BCUT2D eigenvalue weighted by Gasteiger charge is -2.44. The quantitative estimate of drug-likeness (QED) is 0.833. The zero-order valence-electron chi connectivity index (χ0n) is 11.4. The molecule has 0 atom stereocenters. The molecule has 0 aromatic carbocycles. The van der Waals surface area contributed by atoms with Crippen LogP contribution in [0, 0.1) is 5.41 Å². The van der Waals surface area contributed by atoms with E-state index >= 15 is 0 Å². The van der Waals surface area contributed by atoms with Crippen LogP contribution in [0.1, 0.15) is 57.8 Å². The summed E-state index contributed by atoms with van der Waals surface area (Å²) in [6.45, 7) is 2.58. The molecule has 3 nitrogen and oxygen atoms in total. The highest BCUT2D eigenvalue weighted by atomic mass is 16.2. The Labute approximate surface area is 110 Å². The second-order valence-electron chi connectivity index (χ2n) is 6.60. The Kier molecular flexibility index (Phi) is 3.60. The molecule has 2 aliphatic carbocycles. The van der Waals surface area contributed by atoms with E-state index in [-0.39, 0.29) is 0 Å². The summed E-state index contributed by atoms with van der Waals surface area (Å²) in [4.78, 5) is 14.2. The molecule has 0 aromatic heterocycles. The summed E-state index contributed by atoms with van der Waals surface area (Å²) in [5, 5.41) is 3.33. The van der Waals surface area contributed by atoms with Crippen molar-refractivity contribution in [2.24, 2.45) is 5.41 Å². The van der Waals surface area contributed by atoms with Gasteiger partial charge in [-0.05, 0) is 43.9 Å². The SMILES string of the molecule is O=C(CNC1CC1)N1CCC2(CCCCC2)CC1. The molecule has 0 radical (unpaired) electrons. The van der Waals surface area contributed by atoms with Crippen molar-refractivity contribution in [2.75, 3.05) is 19.6 Å². The van der Waals surface area contributed by atoms with Gasteiger partial charge in [0.05, 0.1) is 6.54 Å². The largest absolute Gasteiger partial charge is 0.342 e. The first kappa shape index (κ1) is 12.5. The maximum absolute atomic E-state index is 12.1. The van der Waals surface area contributed by atoms with Crippen LogP contribution in [0.25, 0.3) is 0 Å². The number of carbonyl (C=O) groups excluding carboxylic acids is 1. The van der Waals surface area contributed by atoms with Gasteiger partial charge in [-0.3, -0.25) is 4.79 Å². The normalized spacial score (nSPS) is 27.4. The molecule has 0 bridgehead atoms. The fourth-order valence-electron chi connectivity index (χ4n) is 3.66. The highest BCUT2D eigenvalue weighted by Crippen LogP contribution is 2.44. The first-order chi connectivity index (χ1) is 8.77. The average Bonchev–Trinajstić information content (AvgIpc) is 3.22. The minimum absolute atomic E-state index is 0.326. The van der Waals surface area contributed by atoms with Crippen molar-refractivity contribution in [3.05, 3.63) is 0 Å². The third kappa shape index (κ3) is 2.87. The van der Waals surface area contributed by atoms with Crippen LogP contribution < -0.4 is 5.32 Å². The van der Waals surface area contributed by atoms with Gasteiger partial charge in [-0.25, -0.2) is 0 Å². The molecule has 1 N–H and O–H groups in total. The zero-order chi connectivity index (χ0) is 12.4. The minimum atomic E-state index is 0.326. The Bertz CT molecular complexity index is 296. The maximum atomic E-state index is 12.1. The molecule has 3 rings (SSSR count). The first-order valence-corrected chi connectivity index (χ1v) is 7.79. The van der Waals surface area contributed by atoms with E-state index in [4.69, 9.17) is 0 Å². The smallest absolute Gasteiger partial charge is 0.236 e. The van der Waals surface area contributed by atoms with Crippen LogP contribution >= 0.6 is 0 Å². The minimum Gasteiger partial charge on any atom is -0.342 e. The third-order valence-corrected chi connectivity index (χ3v) is 5.21. The summed E-state index contributed by atoms with van der Waals surface area (Å²) in [5.74, 6) is 0.326. The Hall–Kier alpha value is -0.570. The van der Waals surface area contributed by atoms with Crippen LogP contribution in [0.15, 0.2) is 0 Å². The number of carbonyl (C=O) groups is 1. The van der Waals surface area contributed by atoms with Gasteiger partial charge in [0, 0.05) is 19.1 Å². The number of nitrogens with zero attached hydrogens (tertiary/aromatic N) is 1.